The Bertz CT molecular complexity index is 137. The average molecular weight is 164 g/mol. The van der Waals surface area contributed by atoms with Gasteiger partial charge >= 0.3 is 0 Å². The number of halogens is 2. The normalized spacial score (nSPS) is 20.0. The van der Waals surface area contributed by atoms with Crippen LogP contribution in [0.3, 0.4) is 0 Å². The molecule has 1 rings (SSSR count). The van der Waals surface area contributed by atoms with Crippen molar-refractivity contribution in [1.29, 1.82) is 0 Å². The van der Waals surface area contributed by atoms with Crippen molar-refractivity contribution in [2.24, 2.45) is 0 Å². The number of nitrogens with one attached hydrogen (secondary N) is 1. The summed E-state index contributed by atoms with van der Waals surface area (Å²) >= 11 is 0. The van der Waals surface area contributed by atoms with Gasteiger partial charge in [0, 0.05) is 19.5 Å². The Morgan fingerprint density at radius 3 is 2.50 bits per heavy atom. The number of alkyl halides is 1. The van der Waals surface area contributed by atoms with Crippen molar-refractivity contribution in [1.82, 2.24) is 5.32 Å². The van der Waals surface area contributed by atoms with Gasteiger partial charge in [0.15, 0.2) is 0 Å². The summed E-state index contributed by atoms with van der Waals surface area (Å²) in [6.07, 6.45) is 6.04. The fraction of sp³-hybridized carbons (Fsp3) is 0.714. The Labute approximate surface area is 66.8 Å². The van der Waals surface area contributed by atoms with E-state index in [1.807, 2.05) is 0 Å². The van der Waals surface area contributed by atoms with Crippen LogP contribution in [0.15, 0.2) is 0 Å². The standard InChI is InChI=1S/C7H10FN.ClH/c1-2-3-4-7(8)5-9-6-7;/h1,9H,3-6H2;1H. The quantitative estimate of drug-likeness (QED) is 0.602. The Hall–Kier alpha value is -0.260. The molecule has 1 saturated heterocycles. The zero-order chi connectivity index (χ0) is 6.74. The molecule has 1 nitrogen and oxygen atoms in total. The van der Waals surface area contributed by atoms with Crippen molar-refractivity contribution in [3.8, 4) is 12.3 Å². The molecule has 10 heavy (non-hydrogen) atoms. The minimum atomic E-state index is -0.980. The third-order valence-corrected chi connectivity index (χ3v) is 1.60. The second kappa shape index (κ2) is 3.80. The van der Waals surface area contributed by atoms with Crippen LogP contribution < -0.4 is 5.32 Å². The molecule has 0 aliphatic carbocycles. The highest BCUT2D eigenvalue weighted by Crippen LogP contribution is 2.21. The van der Waals surface area contributed by atoms with Crippen molar-refractivity contribution in [3.63, 3.8) is 0 Å². The maximum atomic E-state index is 12.9. The first kappa shape index (κ1) is 9.74. The molecule has 3 heteroatoms. The largest absolute Gasteiger partial charge is 0.310 e. The van der Waals surface area contributed by atoms with E-state index in [0.29, 0.717) is 25.9 Å². The number of terminal acetylenes is 1. The molecule has 0 bridgehead atoms. The van der Waals surface area contributed by atoms with Gasteiger partial charge in [0.25, 0.3) is 0 Å². The van der Waals surface area contributed by atoms with E-state index in [-0.39, 0.29) is 12.4 Å². The maximum absolute atomic E-state index is 12.9. The fourth-order valence-electron chi connectivity index (χ4n) is 0.869. The molecule has 0 aromatic heterocycles. The van der Waals surface area contributed by atoms with Crippen molar-refractivity contribution >= 4 is 12.4 Å². The van der Waals surface area contributed by atoms with E-state index in [1.165, 1.54) is 0 Å². The van der Waals surface area contributed by atoms with Gasteiger partial charge in [-0.15, -0.1) is 24.8 Å². The van der Waals surface area contributed by atoms with Crippen molar-refractivity contribution in [2.75, 3.05) is 13.1 Å². The first-order valence-electron chi connectivity index (χ1n) is 3.10. The first-order chi connectivity index (χ1) is 4.27. The van der Waals surface area contributed by atoms with Crippen LogP contribution in [0.1, 0.15) is 12.8 Å². The van der Waals surface area contributed by atoms with E-state index in [4.69, 9.17) is 6.42 Å². The topological polar surface area (TPSA) is 12.0 Å². The molecule has 1 aliphatic rings. The van der Waals surface area contributed by atoms with Crippen molar-refractivity contribution in [2.45, 2.75) is 18.5 Å². The summed E-state index contributed by atoms with van der Waals surface area (Å²) < 4.78 is 12.9. The number of hydrogen-bond acceptors (Lipinski definition) is 1. The minimum absolute atomic E-state index is 0. The summed E-state index contributed by atoms with van der Waals surface area (Å²) in [6.45, 7) is 0.962. The van der Waals surface area contributed by atoms with E-state index in [1.54, 1.807) is 0 Å². The number of hydrogen-bond donors (Lipinski definition) is 1. The molecule has 1 aliphatic heterocycles. The van der Waals surface area contributed by atoms with Crippen LogP contribution in [0.2, 0.25) is 0 Å². The second-order valence-electron chi connectivity index (χ2n) is 2.46. The van der Waals surface area contributed by atoms with Gasteiger partial charge in [-0.05, 0) is 6.42 Å². The molecule has 0 radical (unpaired) electrons. The van der Waals surface area contributed by atoms with Crippen LogP contribution in [-0.4, -0.2) is 18.8 Å². The summed E-state index contributed by atoms with van der Waals surface area (Å²) in [5.41, 5.74) is -0.980. The molecule has 1 fully saturated rings. The summed E-state index contributed by atoms with van der Waals surface area (Å²) in [4.78, 5) is 0. The van der Waals surface area contributed by atoms with Crippen LogP contribution >= 0.6 is 12.4 Å². The van der Waals surface area contributed by atoms with Gasteiger partial charge in [0.1, 0.15) is 5.67 Å². The van der Waals surface area contributed by atoms with E-state index < -0.39 is 5.67 Å². The lowest BCUT2D eigenvalue weighted by Crippen LogP contribution is -2.56. The molecule has 58 valence electrons. The lowest BCUT2D eigenvalue weighted by atomic mass is 9.94. The molecular weight excluding hydrogens is 153 g/mol. The molecule has 0 atom stereocenters. The van der Waals surface area contributed by atoms with E-state index in [9.17, 15) is 4.39 Å². The molecule has 0 amide bonds. The highest BCUT2D eigenvalue weighted by molar-refractivity contribution is 5.85. The highest BCUT2D eigenvalue weighted by atomic mass is 35.5. The molecule has 1 heterocycles. The summed E-state index contributed by atoms with van der Waals surface area (Å²) in [5.74, 6) is 2.42. The van der Waals surface area contributed by atoms with Gasteiger partial charge in [-0.1, -0.05) is 0 Å². The molecule has 0 aromatic carbocycles. The van der Waals surface area contributed by atoms with Crippen LogP contribution in [-0.2, 0) is 0 Å². The third kappa shape index (κ3) is 2.17. The van der Waals surface area contributed by atoms with Crippen molar-refractivity contribution < 1.29 is 4.39 Å². The maximum Gasteiger partial charge on any atom is 0.136 e. The molecule has 0 aromatic rings. The van der Waals surface area contributed by atoms with Crippen LogP contribution in [0.5, 0.6) is 0 Å². The van der Waals surface area contributed by atoms with E-state index >= 15 is 0 Å². The predicted molar refractivity (Wildman–Crippen MR) is 42.0 cm³/mol. The SMILES string of the molecule is C#CCCC1(F)CNC1.Cl. The minimum Gasteiger partial charge on any atom is -0.310 e. The van der Waals surface area contributed by atoms with Crippen LogP contribution in [0.4, 0.5) is 4.39 Å². The average Bonchev–Trinajstić information content (AvgIpc) is 1.79. The van der Waals surface area contributed by atoms with Crippen LogP contribution in [0.25, 0.3) is 0 Å². The Kier molecular flexibility index (Phi) is 3.70. The Balaban J connectivity index is 0.000000810. The zero-order valence-corrected chi connectivity index (χ0v) is 6.51. The van der Waals surface area contributed by atoms with Gasteiger partial charge in [-0.25, -0.2) is 4.39 Å². The van der Waals surface area contributed by atoms with Crippen molar-refractivity contribution in [3.05, 3.63) is 0 Å². The monoisotopic (exact) mass is 163 g/mol. The summed E-state index contributed by atoms with van der Waals surface area (Å²) in [6, 6.07) is 0. The second-order valence-corrected chi connectivity index (χ2v) is 2.46. The van der Waals surface area contributed by atoms with E-state index in [2.05, 4.69) is 11.2 Å². The van der Waals surface area contributed by atoms with Crippen LogP contribution in [0, 0.1) is 12.3 Å². The third-order valence-electron chi connectivity index (χ3n) is 1.60. The molecule has 0 spiro atoms. The van der Waals surface area contributed by atoms with Gasteiger partial charge in [0.05, 0.1) is 0 Å². The summed E-state index contributed by atoms with van der Waals surface area (Å²) in [7, 11) is 0. The van der Waals surface area contributed by atoms with Gasteiger partial charge < -0.3 is 5.32 Å². The Morgan fingerprint density at radius 1 is 1.60 bits per heavy atom. The Morgan fingerprint density at radius 2 is 2.20 bits per heavy atom. The lowest BCUT2D eigenvalue weighted by molar-refractivity contribution is 0.0823. The smallest absolute Gasteiger partial charge is 0.136 e. The molecular formula is C7H11ClFN. The summed E-state index contributed by atoms with van der Waals surface area (Å²) in [5, 5.41) is 2.87. The van der Waals surface area contributed by atoms with Gasteiger partial charge in [-0.3, -0.25) is 0 Å². The highest BCUT2D eigenvalue weighted by Gasteiger charge is 2.35. The number of rotatable bonds is 2. The lowest BCUT2D eigenvalue weighted by Gasteiger charge is -2.34. The molecule has 1 N–H and O–H groups in total. The zero-order valence-electron chi connectivity index (χ0n) is 5.69. The molecule has 0 unspecified atom stereocenters. The predicted octanol–water partition coefficient (Wildman–Crippen LogP) is 1.13. The van der Waals surface area contributed by atoms with Gasteiger partial charge in [0.2, 0.25) is 0 Å². The molecule has 0 saturated carbocycles. The fourth-order valence-corrected chi connectivity index (χ4v) is 0.869. The van der Waals surface area contributed by atoms with E-state index in [0.717, 1.165) is 0 Å². The van der Waals surface area contributed by atoms with Gasteiger partial charge in [-0.2, -0.15) is 0 Å². The first-order valence-corrected chi connectivity index (χ1v) is 3.10.